The van der Waals surface area contributed by atoms with Crippen LogP contribution in [0.3, 0.4) is 0 Å². The Morgan fingerprint density at radius 1 is 0.525 bits per heavy atom. The molecule has 0 aromatic rings. The van der Waals surface area contributed by atoms with Gasteiger partial charge in [-0.1, -0.05) is 162 Å². The molecule has 0 heterocycles. The lowest BCUT2D eigenvalue weighted by atomic mass is 10.1. The minimum absolute atomic E-state index is 0.0114. The van der Waals surface area contributed by atoms with Gasteiger partial charge in [0.15, 0.2) is 0 Å². The molecule has 0 aromatic heterocycles. The molecule has 0 radical (unpaired) electrons. The normalized spacial score (nSPS) is 14.5. The molecule has 0 aliphatic heterocycles. The van der Waals surface area contributed by atoms with Crippen LogP contribution >= 0.6 is 7.82 Å². The highest BCUT2D eigenvalue weighted by Gasteiger charge is 2.20. The van der Waals surface area contributed by atoms with E-state index in [9.17, 15) is 14.3 Å². The van der Waals surface area contributed by atoms with E-state index >= 15 is 0 Å². The predicted octanol–water partition coefficient (Wildman–Crippen LogP) is 14.0. The Balaban J connectivity index is 4.30. The Bertz CT molecular complexity index is 1290. The molecule has 0 saturated carbocycles. The highest BCUT2D eigenvalue weighted by Crippen LogP contribution is 2.38. The van der Waals surface area contributed by atoms with Gasteiger partial charge in [-0.15, -0.1) is 0 Å². The second-order valence-electron chi connectivity index (χ2n) is 16.7. The summed E-state index contributed by atoms with van der Waals surface area (Å²) in [7, 11) is 1.31. The summed E-state index contributed by atoms with van der Waals surface area (Å²) in [5.41, 5.74) is 0. The topological polar surface area (TPSA) is 94.1 Å². The number of ether oxygens (including phenoxy) is 2. The van der Waals surface area contributed by atoms with E-state index in [-0.39, 0.29) is 32.2 Å². The number of rotatable bonds is 43. The number of likely N-dealkylation sites (N-methyl/N-ethyl adjacent to an activating group) is 1. The SMILES string of the molecule is CC/C=C\C/C=C\C/C=C\C/C=C\C/C=C\CCCCCC(=O)OC(COCCCCCCCCC/C=C\C/C=C\C/C=C\CCCCC)COP(=O)([O-])OCC[N+](C)(C)C. The summed E-state index contributed by atoms with van der Waals surface area (Å²) in [5, 5.41) is 0. The van der Waals surface area contributed by atoms with Gasteiger partial charge in [0.1, 0.15) is 19.3 Å². The molecule has 61 heavy (non-hydrogen) atoms. The van der Waals surface area contributed by atoms with Crippen LogP contribution in [0, 0.1) is 0 Å². The van der Waals surface area contributed by atoms with Crippen LogP contribution in [0.4, 0.5) is 0 Å². The first kappa shape index (κ1) is 58.4. The molecule has 0 rings (SSSR count). The third-order valence-electron chi connectivity index (χ3n) is 9.62. The van der Waals surface area contributed by atoms with E-state index in [4.69, 9.17) is 18.5 Å². The number of quaternary nitrogens is 1. The van der Waals surface area contributed by atoms with Crippen LogP contribution in [-0.2, 0) is 27.9 Å². The van der Waals surface area contributed by atoms with Gasteiger partial charge < -0.3 is 27.9 Å². The van der Waals surface area contributed by atoms with Gasteiger partial charge >= 0.3 is 5.97 Å². The average molecular weight is 872 g/mol. The van der Waals surface area contributed by atoms with Crippen LogP contribution in [0.25, 0.3) is 0 Å². The number of allylic oxidation sites excluding steroid dienone is 16. The lowest BCUT2D eigenvalue weighted by Crippen LogP contribution is -2.37. The van der Waals surface area contributed by atoms with Gasteiger partial charge in [-0.3, -0.25) is 9.36 Å². The first-order chi connectivity index (χ1) is 29.6. The van der Waals surface area contributed by atoms with E-state index in [1.807, 2.05) is 21.1 Å². The fourth-order valence-electron chi connectivity index (χ4n) is 5.93. The molecule has 2 unspecified atom stereocenters. The zero-order valence-electron chi connectivity index (χ0n) is 39.6. The number of carbonyl (C=O) groups is 1. The van der Waals surface area contributed by atoms with Crippen molar-refractivity contribution >= 4 is 13.8 Å². The number of nitrogens with zero attached hydrogens (tertiary/aromatic N) is 1. The van der Waals surface area contributed by atoms with Gasteiger partial charge in [0.25, 0.3) is 7.82 Å². The van der Waals surface area contributed by atoms with Gasteiger partial charge in [-0.05, 0) is 96.3 Å². The van der Waals surface area contributed by atoms with Crippen molar-refractivity contribution in [2.24, 2.45) is 0 Å². The Labute approximate surface area is 375 Å². The molecular weight excluding hydrogens is 782 g/mol. The van der Waals surface area contributed by atoms with Crippen LogP contribution in [0.15, 0.2) is 97.2 Å². The predicted molar refractivity (Wildman–Crippen MR) is 258 cm³/mol. The lowest BCUT2D eigenvalue weighted by molar-refractivity contribution is -0.870. The van der Waals surface area contributed by atoms with Crippen LogP contribution in [0.1, 0.15) is 168 Å². The number of phosphoric acid groups is 1. The number of hydrogen-bond donors (Lipinski definition) is 0. The maximum atomic E-state index is 12.7. The molecule has 350 valence electrons. The highest BCUT2D eigenvalue weighted by molar-refractivity contribution is 7.45. The smallest absolute Gasteiger partial charge is 0.306 e. The van der Waals surface area contributed by atoms with Crippen molar-refractivity contribution in [1.82, 2.24) is 0 Å². The van der Waals surface area contributed by atoms with Crippen LogP contribution in [-0.4, -0.2) is 70.7 Å². The number of phosphoric ester groups is 1. The summed E-state index contributed by atoms with van der Waals surface area (Å²) in [4.78, 5) is 25.1. The molecule has 0 saturated heterocycles. The number of carbonyl (C=O) groups excluding carboxylic acids is 1. The third-order valence-corrected chi connectivity index (χ3v) is 10.6. The zero-order valence-corrected chi connectivity index (χ0v) is 40.5. The van der Waals surface area contributed by atoms with Crippen molar-refractivity contribution in [1.29, 1.82) is 0 Å². The molecule has 2 atom stereocenters. The van der Waals surface area contributed by atoms with E-state index in [2.05, 4.69) is 111 Å². The minimum Gasteiger partial charge on any atom is -0.756 e. The van der Waals surface area contributed by atoms with Crippen molar-refractivity contribution in [3.05, 3.63) is 97.2 Å². The van der Waals surface area contributed by atoms with E-state index in [0.717, 1.165) is 89.9 Å². The van der Waals surface area contributed by atoms with Gasteiger partial charge in [-0.25, -0.2) is 0 Å². The number of unbranched alkanes of at least 4 members (excludes halogenated alkanes) is 13. The van der Waals surface area contributed by atoms with Gasteiger partial charge in [0, 0.05) is 13.0 Å². The van der Waals surface area contributed by atoms with Crippen molar-refractivity contribution in [3.63, 3.8) is 0 Å². The summed E-state index contributed by atoms with van der Waals surface area (Å²) in [6.45, 7) is 5.18. The fraction of sp³-hybridized carbons (Fsp3) is 0.673. The molecule has 0 amide bonds. The summed E-state index contributed by atoms with van der Waals surface area (Å²) in [5.74, 6) is -0.373. The van der Waals surface area contributed by atoms with Crippen molar-refractivity contribution < 1.29 is 37.3 Å². The zero-order chi connectivity index (χ0) is 44.8. The summed E-state index contributed by atoms with van der Waals surface area (Å²) in [6.07, 6.45) is 59.9. The molecule has 0 aromatic carbocycles. The molecular formula is C52H90NO7P. The summed E-state index contributed by atoms with van der Waals surface area (Å²) in [6, 6.07) is 0. The first-order valence-corrected chi connectivity index (χ1v) is 25.4. The standard InChI is InChI=1S/C52H90NO7P/c1-6-8-10-12-14-16-18-20-22-24-26-28-30-32-34-36-38-40-42-44-47-57-49-51(50-59-61(55,56)58-48-46-53(3,4)5)60-52(54)45-43-41-39-37-35-33-31-29-27-25-23-21-19-17-15-13-11-9-7-2/h9,11,14-17,20-23,26-29,33,35,51H,6-8,10,12-13,18-19,24-25,30-32,34,36-50H2,1-5H3/b11-9-,16-14-,17-15-,22-20-,23-21-,28-26-,29-27-,35-33-. The molecule has 0 N–H and O–H groups in total. The van der Waals surface area contributed by atoms with Gasteiger partial charge in [0.05, 0.1) is 34.4 Å². The van der Waals surface area contributed by atoms with Crippen molar-refractivity contribution in [2.45, 2.75) is 174 Å². The Morgan fingerprint density at radius 3 is 1.43 bits per heavy atom. The molecule has 8 nitrogen and oxygen atoms in total. The van der Waals surface area contributed by atoms with Crippen LogP contribution in [0.5, 0.6) is 0 Å². The molecule has 0 aliphatic carbocycles. The first-order valence-electron chi connectivity index (χ1n) is 24.0. The summed E-state index contributed by atoms with van der Waals surface area (Å²) >= 11 is 0. The molecule has 9 heteroatoms. The Morgan fingerprint density at radius 2 is 0.951 bits per heavy atom. The van der Waals surface area contributed by atoms with E-state index in [1.165, 1.54) is 51.4 Å². The van der Waals surface area contributed by atoms with E-state index < -0.39 is 13.9 Å². The number of hydrogen-bond acceptors (Lipinski definition) is 7. The quantitative estimate of drug-likeness (QED) is 0.0198. The second-order valence-corrected chi connectivity index (χ2v) is 18.1. The second kappa shape index (κ2) is 44.0. The van der Waals surface area contributed by atoms with Crippen LogP contribution in [0.2, 0.25) is 0 Å². The average Bonchev–Trinajstić information content (AvgIpc) is 3.22. The maximum absolute atomic E-state index is 12.7. The monoisotopic (exact) mass is 872 g/mol. The molecule has 0 fully saturated rings. The lowest BCUT2D eigenvalue weighted by Gasteiger charge is -2.28. The molecule has 0 aliphatic rings. The number of esters is 1. The molecule has 0 spiro atoms. The third kappa shape index (κ3) is 48.3. The fourth-order valence-corrected chi connectivity index (χ4v) is 6.66. The Kier molecular flexibility index (Phi) is 42.2. The van der Waals surface area contributed by atoms with Crippen LogP contribution < -0.4 is 4.89 Å². The van der Waals surface area contributed by atoms with E-state index in [1.54, 1.807) is 0 Å². The Hall–Kier alpha value is -2.58. The highest BCUT2D eigenvalue weighted by atomic mass is 31.2. The van der Waals surface area contributed by atoms with Crippen molar-refractivity contribution in [2.75, 3.05) is 54.1 Å². The molecule has 0 bridgehead atoms. The van der Waals surface area contributed by atoms with E-state index in [0.29, 0.717) is 24.1 Å². The van der Waals surface area contributed by atoms with Crippen molar-refractivity contribution in [3.8, 4) is 0 Å². The maximum Gasteiger partial charge on any atom is 0.306 e. The summed E-state index contributed by atoms with van der Waals surface area (Å²) < 4.78 is 34.6. The minimum atomic E-state index is -4.55. The van der Waals surface area contributed by atoms with Gasteiger partial charge in [-0.2, -0.15) is 0 Å². The van der Waals surface area contributed by atoms with Gasteiger partial charge in [0.2, 0.25) is 0 Å². The largest absolute Gasteiger partial charge is 0.756 e.